The summed E-state index contributed by atoms with van der Waals surface area (Å²) >= 11 is 6.27. The normalized spacial score (nSPS) is 11.3. The standard InChI is InChI=1S/C26H15BrN4O2S2/c27-17-10-8-16(9-11-17)20(32)14-31-26(33)24-23(29-30-31)22-18(15-5-2-1-3-6-15)13-19(28-25(22)35-24)21-7-4-12-34-21/h1-13H,14H2. The van der Waals surface area contributed by atoms with E-state index in [1.807, 2.05) is 53.9 Å². The van der Waals surface area contributed by atoms with E-state index < -0.39 is 0 Å². The number of thiophene rings is 2. The van der Waals surface area contributed by atoms with Gasteiger partial charge in [0, 0.05) is 15.4 Å². The van der Waals surface area contributed by atoms with Gasteiger partial charge in [0.15, 0.2) is 5.78 Å². The number of aromatic nitrogens is 4. The van der Waals surface area contributed by atoms with Gasteiger partial charge in [-0.25, -0.2) is 9.67 Å². The first-order valence-electron chi connectivity index (χ1n) is 10.7. The molecule has 0 fully saturated rings. The number of Topliss-reactive ketones (excluding diaryl/α,β-unsaturated/α-hetero) is 1. The number of fused-ring (bicyclic) bond motifs is 3. The summed E-state index contributed by atoms with van der Waals surface area (Å²) in [6.45, 7) is -0.183. The van der Waals surface area contributed by atoms with Crippen molar-refractivity contribution in [2.75, 3.05) is 0 Å². The predicted octanol–water partition coefficient (Wildman–Crippen LogP) is 6.44. The fraction of sp³-hybridized carbons (Fsp3) is 0.0385. The zero-order chi connectivity index (χ0) is 23.9. The Morgan fingerprint density at radius 3 is 2.54 bits per heavy atom. The Kier molecular flexibility index (Phi) is 5.60. The lowest BCUT2D eigenvalue weighted by Crippen LogP contribution is -2.27. The molecule has 0 saturated heterocycles. The van der Waals surface area contributed by atoms with Crippen LogP contribution in [0.4, 0.5) is 0 Å². The molecule has 35 heavy (non-hydrogen) atoms. The van der Waals surface area contributed by atoms with Gasteiger partial charge in [-0.1, -0.05) is 69.7 Å². The van der Waals surface area contributed by atoms with Gasteiger partial charge in [0.2, 0.25) is 0 Å². The van der Waals surface area contributed by atoms with Gasteiger partial charge in [-0.05, 0) is 40.8 Å². The summed E-state index contributed by atoms with van der Waals surface area (Å²) in [5.74, 6) is -0.211. The average Bonchev–Trinajstić information content (AvgIpc) is 3.55. The van der Waals surface area contributed by atoms with Crippen LogP contribution in [0.15, 0.2) is 87.4 Å². The largest absolute Gasteiger partial charge is 0.292 e. The van der Waals surface area contributed by atoms with E-state index in [9.17, 15) is 9.59 Å². The van der Waals surface area contributed by atoms with Crippen molar-refractivity contribution in [1.29, 1.82) is 0 Å². The zero-order valence-corrected chi connectivity index (χ0v) is 21.2. The van der Waals surface area contributed by atoms with Crippen LogP contribution in [0, 0.1) is 0 Å². The summed E-state index contributed by atoms with van der Waals surface area (Å²) in [5, 5.41) is 11.3. The summed E-state index contributed by atoms with van der Waals surface area (Å²) in [4.78, 5) is 32.7. The van der Waals surface area contributed by atoms with Crippen molar-refractivity contribution in [3.8, 4) is 21.7 Å². The highest BCUT2D eigenvalue weighted by molar-refractivity contribution is 9.10. The third kappa shape index (κ3) is 4.01. The molecule has 4 heterocycles. The third-order valence-electron chi connectivity index (χ3n) is 5.64. The highest BCUT2D eigenvalue weighted by Crippen LogP contribution is 2.39. The lowest BCUT2D eigenvalue weighted by molar-refractivity contribution is 0.0964. The molecular formula is C26H15BrN4O2S2. The number of halogens is 1. The van der Waals surface area contributed by atoms with Crippen molar-refractivity contribution in [3.63, 3.8) is 0 Å². The minimum Gasteiger partial charge on any atom is -0.292 e. The Morgan fingerprint density at radius 1 is 1.00 bits per heavy atom. The molecule has 4 aromatic heterocycles. The molecule has 0 atom stereocenters. The van der Waals surface area contributed by atoms with E-state index in [4.69, 9.17) is 4.98 Å². The molecule has 0 spiro atoms. The van der Waals surface area contributed by atoms with Crippen LogP contribution in [0.5, 0.6) is 0 Å². The Labute approximate surface area is 215 Å². The first-order chi connectivity index (χ1) is 17.1. The number of nitrogens with zero attached hydrogens (tertiary/aromatic N) is 4. The molecule has 2 aromatic carbocycles. The van der Waals surface area contributed by atoms with Crippen molar-refractivity contribution in [2.45, 2.75) is 6.54 Å². The Bertz CT molecular complexity index is 1760. The maximum absolute atomic E-state index is 13.4. The van der Waals surface area contributed by atoms with Gasteiger partial charge in [0.1, 0.15) is 21.6 Å². The average molecular weight is 559 g/mol. The molecule has 9 heteroatoms. The zero-order valence-electron chi connectivity index (χ0n) is 18.0. The summed E-state index contributed by atoms with van der Waals surface area (Å²) in [7, 11) is 0. The molecule has 6 rings (SSSR count). The number of carbonyl (C=O) groups excluding carboxylic acids is 1. The highest BCUT2D eigenvalue weighted by Gasteiger charge is 2.20. The number of hydrogen-bond acceptors (Lipinski definition) is 7. The highest BCUT2D eigenvalue weighted by atomic mass is 79.9. The van der Waals surface area contributed by atoms with Crippen LogP contribution < -0.4 is 5.56 Å². The van der Waals surface area contributed by atoms with E-state index >= 15 is 0 Å². The Morgan fingerprint density at radius 2 is 1.80 bits per heavy atom. The molecule has 0 saturated carbocycles. The SMILES string of the molecule is O=C(Cn1nnc2c(sc3nc(-c4cccs4)cc(-c4ccccc4)c32)c1=O)c1ccc(Br)cc1. The van der Waals surface area contributed by atoms with Gasteiger partial charge in [0.05, 0.1) is 10.6 Å². The summed E-state index contributed by atoms with van der Waals surface area (Å²) in [6.07, 6.45) is 0. The molecule has 0 unspecified atom stereocenters. The number of hydrogen-bond donors (Lipinski definition) is 0. The molecule has 0 aliphatic carbocycles. The van der Waals surface area contributed by atoms with Gasteiger partial charge in [-0.3, -0.25) is 9.59 Å². The summed E-state index contributed by atoms with van der Waals surface area (Å²) in [6, 6.07) is 23.1. The van der Waals surface area contributed by atoms with E-state index in [0.717, 1.165) is 36.2 Å². The van der Waals surface area contributed by atoms with E-state index in [0.29, 0.717) is 20.6 Å². The maximum Gasteiger partial charge on any atom is 0.288 e. The topological polar surface area (TPSA) is 77.7 Å². The van der Waals surface area contributed by atoms with Crippen LogP contribution >= 0.6 is 38.6 Å². The lowest BCUT2D eigenvalue weighted by Gasteiger charge is -2.07. The molecule has 0 N–H and O–H groups in total. The maximum atomic E-state index is 13.4. The third-order valence-corrected chi connectivity index (χ3v) is 8.12. The molecule has 0 amide bonds. The van der Waals surface area contributed by atoms with Crippen LogP contribution in [0.3, 0.4) is 0 Å². The van der Waals surface area contributed by atoms with Crippen molar-refractivity contribution in [3.05, 3.63) is 98.6 Å². The van der Waals surface area contributed by atoms with E-state index in [-0.39, 0.29) is 17.9 Å². The number of pyridine rings is 1. The van der Waals surface area contributed by atoms with Crippen molar-refractivity contribution in [1.82, 2.24) is 20.0 Å². The number of rotatable bonds is 5. The van der Waals surface area contributed by atoms with Crippen LogP contribution in [-0.4, -0.2) is 25.8 Å². The van der Waals surface area contributed by atoms with Crippen LogP contribution in [-0.2, 0) is 6.54 Å². The first kappa shape index (κ1) is 22.0. The molecule has 0 aliphatic heterocycles. The van der Waals surface area contributed by atoms with Gasteiger partial charge in [-0.2, -0.15) is 0 Å². The van der Waals surface area contributed by atoms with Gasteiger partial charge >= 0.3 is 0 Å². The molecule has 0 bridgehead atoms. The molecule has 0 radical (unpaired) electrons. The summed E-state index contributed by atoms with van der Waals surface area (Å²) < 4.78 is 2.44. The first-order valence-corrected chi connectivity index (χ1v) is 13.2. The van der Waals surface area contributed by atoms with Crippen LogP contribution in [0.25, 0.3) is 42.1 Å². The smallest absolute Gasteiger partial charge is 0.288 e. The molecular weight excluding hydrogens is 544 g/mol. The monoisotopic (exact) mass is 558 g/mol. The van der Waals surface area contributed by atoms with Crippen molar-refractivity contribution < 1.29 is 4.79 Å². The van der Waals surface area contributed by atoms with E-state index in [1.165, 1.54) is 11.3 Å². The van der Waals surface area contributed by atoms with Gasteiger partial charge in [0.25, 0.3) is 5.56 Å². The van der Waals surface area contributed by atoms with Crippen molar-refractivity contribution in [2.24, 2.45) is 0 Å². The quantitative estimate of drug-likeness (QED) is 0.227. The van der Waals surface area contributed by atoms with Gasteiger partial charge < -0.3 is 0 Å². The Hall–Kier alpha value is -3.53. The second-order valence-electron chi connectivity index (χ2n) is 7.84. The second kappa shape index (κ2) is 8.92. The van der Waals surface area contributed by atoms with Crippen LogP contribution in [0.2, 0.25) is 0 Å². The van der Waals surface area contributed by atoms with E-state index in [2.05, 4.69) is 26.2 Å². The second-order valence-corrected chi connectivity index (χ2v) is 10.7. The van der Waals surface area contributed by atoms with Crippen molar-refractivity contribution >= 4 is 64.8 Å². The van der Waals surface area contributed by atoms with E-state index in [1.54, 1.807) is 35.6 Å². The minimum atomic E-state index is -0.347. The lowest BCUT2D eigenvalue weighted by atomic mass is 10.0. The fourth-order valence-corrected chi connectivity index (χ4v) is 5.97. The number of ketones is 1. The number of benzene rings is 2. The fourth-order valence-electron chi connectivity index (χ4n) is 3.94. The molecule has 6 nitrogen and oxygen atoms in total. The predicted molar refractivity (Wildman–Crippen MR) is 144 cm³/mol. The Balaban J connectivity index is 1.52. The number of carbonyl (C=O) groups is 1. The summed E-state index contributed by atoms with van der Waals surface area (Å²) in [5.41, 5.74) is 3.46. The molecule has 6 aromatic rings. The molecule has 0 aliphatic rings. The van der Waals surface area contributed by atoms with Gasteiger partial charge in [-0.15, -0.1) is 27.8 Å². The molecule has 170 valence electrons. The van der Waals surface area contributed by atoms with Crippen LogP contribution in [0.1, 0.15) is 10.4 Å². The minimum absolute atomic E-state index is 0.183.